The number of hydrogen-bond donors (Lipinski definition) is 2. The van der Waals surface area contributed by atoms with Crippen LogP contribution in [0.2, 0.25) is 0 Å². The van der Waals surface area contributed by atoms with E-state index in [9.17, 15) is 18.3 Å². The van der Waals surface area contributed by atoms with Gasteiger partial charge >= 0.3 is 5.97 Å². The number of benzene rings is 2. The second kappa shape index (κ2) is 10.2. The van der Waals surface area contributed by atoms with Gasteiger partial charge in [-0.25, -0.2) is 13.2 Å². The molecule has 0 atom stereocenters. The Hall–Kier alpha value is -3.07. The van der Waals surface area contributed by atoms with Crippen molar-refractivity contribution < 1.29 is 28.2 Å². The maximum atomic E-state index is 12.0. The van der Waals surface area contributed by atoms with Crippen molar-refractivity contribution >= 4 is 27.4 Å². The summed E-state index contributed by atoms with van der Waals surface area (Å²) in [6, 6.07) is 9.51. The molecule has 0 heterocycles. The molecule has 33 heavy (non-hydrogen) atoms. The molecule has 0 unspecified atom stereocenters. The number of rotatable bonds is 9. The number of aromatic carboxylic acids is 1. The maximum absolute atomic E-state index is 12.0. The van der Waals surface area contributed by atoms with E-state index in [0.29, 0.717) is 5.56 Å². The quantitative estimate of drug-likeness (QED) is 0.524. The first-order valence-corrected chi connectivity index (χ1v) is 12.5. The van der Waals surface area contributed by atoms with Crippen molar-refractivity contribution in [1.29, 1.82) is 0 Å². The molecule has 0 aliphatic rings. The van der Waals surface area contributed by atoms with Gasteiger partial charge in [-0.05, 0) is 49.1 Å². The number of carboxylic acids is 1. The van der Waals surface area contributed by atoms with Crippen LogP contribution in [-0.2, 0) is 15.4 Å². The van der Waals surface area contributed by atoms with E-state index in [1.807, 2.05) is 18.2 Å². The smallest absolute Gasteiger partial charge is 0.339 e. The maximum Gasteiger partial charge on any atom is 0.339 e. The van der Waals surface area contributed by atoms with Crippen LogP contribution in [0.4, 0.5) is 5.69 Å². The molecule has 180 valence electrons. The first kappa shape index (κ1) is 26.2. The highest BCUT2D eigenvalue weighted by molar-refractivity contribution is 7.89. The predicted molar refractivity (Wildman–Crippen MR) is 131 cm³/mol. The zero-order chi connectivity index (χ0) is 25.0. The molecule has 2 aromatic rings. The number of carboxylic acid groups (broad SMARTS) is 1. The molecule has 0 spiro atoms. The molecular weight excluding hydrogens is 444 g/mol. The third kappa shape index (κ3) is 6.95. The van der Waals surface area contributed by atoms with E-state index in [2.05, 4.69) is 43.9 Å². The molecule has 0 saturated heterocycles. The lowest BCUT2D eigenvalue weighted by Crippen LogP contribution is -2.27. The Balaban J connectivity index is 2.49. The Morgan fingerprint density at radius 1 is 1.09 bits per heavy atom. The Bertz CT molecular complexity index is 1150. The van der Waals surface area contributed by atoms with Crippen LogP contribution < -0.4 is 9.64 Å². The largest absolute Gasteiger partial charge is 0.507 e. The molecule has 2 N–H and O–H groups in total. The Morgan fingerprint density at radius 3 is 2.21 bits per heavy atom. The highest BCUT2D eigenvalue weighted by atomic mass is 32.2. The van der Waals surface area contributed by atoms with Gasteiger partial charge in [-0.3, -0.25) is 0 Å². The second-order valence-corrected chi connectivity index (χ2v) is 10.3. The third-order valence-electron chi connectivity index (χ3n) is 5.09. The van der Waals surface area contributed by atoms with Crippen molar-refractivity contribution in [3.63, 3.8) is 0 Å². The van der Waals surface area contributed by atoms with Crippen LogP contribution in [0, 0.1) is 0 Å². The summed E-state index contributed by atoms with van der Waals surface area (Å²) in [6.45, 7) is 11.9. The Morgan fingerprint density at radius 2 is 1.73 bits per heavy atom. The average Bonchev–Trinajstić information content (AvgIpc) is 2.70. The SMILES string of the molecule is CCN(CC)c1ccc(/C(COc2ccc(C(=O)O)c(O)c2)=N\S(C)(=O)=O)cc1C(C)(C)C. The first-order chi connectivity index (χ1) is 15.3. The Labute approximate surface area is 195 Å². The van der Waals surface area contributed by atoms with E-state index in [1.165, 1.54) is 18.2 Å². The summed E-state index contributed by atoms with van der Waals surface area (Å²) in [5.74, 6) is -1.52. The lowest BCUT2D eigenvalue weighted by molar-refractivity contribution is 0.0693. The van der Waals surface area contributed by atoms with Gasteiger partial charge in [-0.1, -0.05) is 26.8 Å². The highest BCUT2D eigenvalue weighted by Gasteiger charge is 2.22. The van der Waals surface area contributed by atoms with Crippen molar-refractivity contribution in [3.8, 4) is 11.5 Å². The number of hydrogen-bond acceptors (Lipinski definition) is 6. The van der Waals surface area contributed by atoms with Gasteiger partial charge in [0.2, 0.25) is 0 Å². The molecule has 0 aliphatic carbocycles. The highest BCUT2D eigenvalue weighted by Crippen LogP contribution is 2.33. The van der Waals surface area contributed by atoms with Crippen molar-refractivity contribution in [1.82, 2.24) is 0 Å². The van der Waals surface area contributed by atoms with E-state index in [1.54, 1.807) is 0 Å². The van der Waals surface area contributed by atoms with Crippen LogP contribution >= 0.6 is 0 Å². The van der Waals surface area contributed by atoms with Crippen LogP contribution in [0.15, 0.2) is 40.8 Å². The molecule has 0 bridgehead atoms. The fraction of sp³-hybridized carbons (Fsp3) is 0.417. The van der Waals surface area contributed by atoms with Crippen LogP contribution in [0.25, 0.3) is 0 Å². The van der Waals surface area contributed by atoms with E-state index >= 15 is 0 Å². The van der Waals surface area contributed by atoms with Gasteiger partial charge in [-0.15, -0.1) is 0 Å². The zero-order valence-corrected chi connectivity index (χ0v) is 20.7. The van der Waals surface area contributed by atoms with E-state index in [0.717, 1.165) is 30.6 Å². The number of anilines is 1. The average molecular weight is 477 g/mol. The van der Waals surface area contributed by atoms with Crippen molar-refractivity contribution in [2.45, 2.75) is 40.0 Å². The minimum Gasteiger partial charge on any atom is -0.507 e. The number of phenols is 1. The number of aromatic hydroxyl groups is 1. The van der Waals surface area contributed by atoms with Gasteiger partial charge < -0.3 is 19.8 Å². The molecule has 2 rings (SSSR count). The predicted octanol–water partition coefficient (Wildman–Crippen LogP) is 4.06. The standard InChI is InChI=1S/C24H32N2O6S/c1-7-26(8-2)21-12-9-16(13-19(21)24(3,4)5)20(25-33(6,30)31)15-32-17-10-11-18(23(28)29)22(27)14-17/h9-14,27H,7-8,15H2,1-6H3,(H,28,29)/b25-20-. The molecule has 0 saturated carbocycles. The van der Waals surface area contributed by atoms with Gasteiger partial charge in [0, 0.05) is 30.4 Å². The summed E-state index contributed by atoms with van der Waals surface area (Å²) in [6.07, 6.45) is 1.01. The first-order valence-electron chi connectivity index (χ1n) is 10.6. The summed E-state index contributed by atoms with van der Waals surface area (Å²) in [4.78, 5) is 13.3. The fourth-order valence-corrected chi connectivity index (χ4v) is 4.01. The van der Waals surface area contributed by atoms with E-state index in [4.69, 9.17) is 9.84 Å². The molecule has 0 amide bonds. The van der Waals surface area contributed by atoms with Crippen LogP contribution in [0.3, 0.4) is 0 Å². The molecule has 8 nitrogen and oxygen atoms in total. The minimum atomic E-state index is -3.72. The van der Waals surface area contributed by atoms with Crippen LogP contribution in [0.5, 0.6) is 11.5 Å². The van der Waals surface area contributed by atoms with Crippen LogP contribution in [0.1, 0.15) is 56.1 Å². The molecular formula is C24H32N2O6S. The summed E-state index contributed by atoms with van der Waals surface area (Å²) < 4.78 is 33.6. The Kier molecular flexibility index (Phi) is 8.13. The molecule has 0 radical (unpaired) electrons. The van der Waals surface area contributed by atoms with Crippen LogP contribution in [-0.4, -0.2) is 56.3 Å². The lowest BCUT2D eigenvalue weighted by Gasteiger charge is -2.30. The molecule has 9 heteroatoms. The number of carbonyl (C=O) groups is 1. The van der Waals surface area contributed by atoms with E-state index < -0.39 is 21.7 Å². The fourth-order valence-electron chi connectivity index (χ4n) is 3.45. The van der Waals surface area contributed by atoms with Gasteiger partial charge in [0.15, 0.2) is 0 Å². The normalized spacial score (nSPS) is 12.5. The molecule has 2 aromatic carbocycles. The molecule has 0 aromatic heterocycles. The molecule has 0 aliphatic heterocycles. The van der Waals surface area contributed by atoms with Gasteiger partial charge in [0.25, 0.3) is 10.0 Å². The summed E-state index contributed by atoms with van der Waals surface area (Å²) >= 11 is 0. The third-order valence-corrected chi connectivity index (χ3v) is 5.65. The van der Waals surface area contributed by atoms with Crippen molar-refractivity contribution in [2.24, 2.45) is 4.40 Å². The monoisotopic (exact) mass is 476 g/mol. The van der Waals surface area contributed by atoms with Gasteiger partial charge in [0.1, 0.15) is 23.7 Å². The summed E-state index contributed by atoms with van der Waals surface area (Å²) in [5.41, 5.74) is 2.47. The minimum absolute atomic E-state index is 0.187. The van der Waals surface area contributed by atoms with Gasteiger partial charge in [-0.2, -0.15) is 4.40 Å². The van der Waals surface area contributed by atoms with Crippen molar-refractivity contribution in [3.05, 3.63) is 53.1 Å². The van der Waals surface area contributed by atoms with E-state index in [-0.39, 0.29) is 29.0 Å². The lowest BCUT2D eigenvalue weighted by atomic mass is 9.84. The topological polar surface area (TPSA) is 116 Å². The second-order valence-electron chi connectivity index (χ2n) is 8.70. The summed E-state index contributed by atoms with van der Waals surface area (Å²) in [7, 11) is -3.72. The number of nitrogens with zero attached hydrogens (tertiary/aromatic N) is 2. The summed E-state index contributed by atoms with van der Waals surface area (Å²) in [5, 5.41) is 18.9. The number of ether oxygens (including phenoxy) is 1. The van der Waals surface area contributed by atoms with Gasteiger partial charge in [0.05, 0.1) is 12.0 Å². The number of sulfonamides is 1. The molecule has 0 fully saturated rings. The zero-order valence-electron chi connectivity index (χ0n) is 19.9. The van der Waals surface area contributed by atoms with Crippen molar-refractivity contribution in [2.75, 3.05) is 30.9 Å².